The molecule has 0 saturated heterocycles. The summed E-state index contributed by atoms with van der Waals surface area (Å²) in [4.78, 5) is 10.5. The first-order chi connectivity index (χ1) is 6.79. The molecule has 0 aliphatic rings. The van der Waals surface area contributed by atoms with Crippen molar-refractivity contribution < 1.29 is 23.1 Å². The van der Waals surface area contributed by atoms with Gasteiger partial charge in [0.25, 0.3) is 0 Å². The highest BCUT2D eigenvalue weighted by Crippen LogP contribution is 2.27. The lowest BCUT2D eigenvalue weighted by Crippen LogP contribution is -2.12. The van der Waals surface area contributed by atoms with E-state index in [1.54, 1.807) is 0 Å². The first-order valence-electron chi connectivity index (χ1n) is 3.88. The van der Waals surface area contributed by atoms with Crippen molar-refractivity contribution in [1.82, 2.24) is 0 Å². The molecule has 0 bridgehead atoms. The van der Waals surface area contributed by atoms with Gasteiger partial charge >= 0.3 is 12.1 Å². The van der Waals surface area contributed by atoms with Gasteiger partial charge in [0.2, 0.25) is 0 Å². The lowest BCUT2D eigenvalue weighted by atomic mass is 10.1. The number of hydrogen-bond acceptors (Lipinski definition) is 1. The van der Waals surface area contributed by atoms with Crippen molar-refractivity contribution in [1.29, 1.82) is 0 Å². The van der Waals surface area contributed by atoms with Gasteiger partial charge in [-0.2, -0.15) is 13.2 Å². The highest BCUT2D eigenvalue weighted by atomic mass is 79.9. The van der Waals surface area contributed by atoms with E-state index in [2.05, 4.69) is 15.9 Å². The fourth-order valence-corrected chi connectivity index (χ4v) is 1.56. The van der Waals surface area contributed by atoms with Crippen molar-refractivity contribution in [2.75, 3.05) is 0 Å². The van der Waals surface area contributed by atoms with Gasteiger partial charge in [-0.25, -0.2) is 4.79 Å². The van der Waals surface area contributed by atoms with Crippen LogP contribution in [0.1, 0.15) is 15.9 Å². The maximum absolute atomic E-state index is 12.0. The topological polar surface area (TPSA) is 37.3 Å². The summed E-state index contributed by atoms with van der Waals surface area (Å²) in [5.74, 6) is -1.17. The molecule has 1 aromatic rings. The standard InChI is InChI=1S/C9H6BrF3O2/c10-7-3-5(8(14)15)1-2-6(7)4-9(11,12)13/h1-3H,4H2,(H,14,15). The van der Waals surface area contributed by atoms with Gasteiger partial charge in [0.1, 0.15) is 0 Å². The minimum Gasteiger partial charge on any atom is -0.478 e. The third kappa shape index (κ3) is 3.54. The van der Waals surface area contributed by atoms with Gasteiger partial charge in [-0.1, -0.05) is 22.0 Å². The van der Waals surface area contributed by atoms with Crippen LogP contribution in [-0.2, 0) is 6.42 Å². The minimum absolute atomic E-state index is 0.0208. The lowest BCUT2D eigenvalue weighted by Gasteiger charge is -2.08. The molecule has 0 aliphatic heterocycles. The summed E-state index contributed by atoms with van der Waals surface area (Å²) in [6.45, 7) is 0. The van der Waals surface area contributed by atoms with E-state index in [1.807, 2.05) is 0 Å². The van der Waals surface area contributed by atoms with Gasteiger partial charge < -0.3 is 5.11 Å². The van der Waals surface area contributed by atoms with Gasteiger partial charge in [0.05, 0.1) is 12.0 Å². The summed E-state index contributed by atoms with van der Waals surface area (Å²) in [5.41, 5.74) is -0.0275. The van der Waals surface area contributed by atoms with Crippen LogP contribution in [0.3, 0.4) is 0 Å². The number of hydrogen-bond donors (Lipinski definition) is 1. The van der Waals surface area contributed by atoms with Crippen LogP contribution in [0.15, 0.2) is 22.7 Å². The zero-order valence-corrected chi connectivity index (χ0v) is 8.89. The highest BCUT2D eigenvalue weighted by Gasteiger charge is 2.28. The summed E-state index contributed by atoms with van der Waals surface area (Å²) >= 11 is 2.90. The summed E-state index contributed by atoms with van der Waals surface area (Å²) in [7, 11) is 0. The number of halogens is 4. The second-order valence-electron chi connectivity index (χ2n) is 2.90. The quantitative estimate of drug-likeness (QED) is 0.904. The molecule has 0 aliphatic carbocycles. The van der Waals surface area contributed by atoms with E-state index in [4.69, 9.17) is 5.11 Å². The van der Waals surface area contributed by atoms with Crippen molar-refractivity contribution in [2.45, 2.75) is 12.6 Å². The van der Waals surface area contributed by atoms with Crippen LogP contribution >= 0.6 is 15.9 Å². The fourth-order valence-electron chi connectivity index (χ4n) is 1.04. The average Bonchev–Trinajstić information content (AvgIpc) is 2.05. The first-order valence-corrected chi connectivity index (χ1v) is 4.67. The van der Waals surface area contributed by atoms with Crippen molar-refractivity contribution in [3.8, 4) is 0 Å². The van der Waals surface area contributed by atoms with E-state index >= 15 is 0 Å². The lowest BCUT2D eigenvalue weighted by molar-refractivity contribution is -0.127. The molecule has 82 valence electrons. The number of benzene rings is 1. The van der Waals surface area contributed by atoms with E-state index in [0.29, 0.717) is 0 Å². The molecule has 1 rings (SSSR count). The Morgan fingerprint density at radius 2 is 2.00 bits per heavy atom. The summed E-state index contributed by atoms with van der Waals surface area (Å²) in [6.07, 6.45) is -5.37. The van der Waals surface area contributed by atoms with Crippen LogP contribution in [0.5, 0.6) is 0 Å². The van der Waals surface area contributed by atoms with Crippen LogP contribution in [-0.4, -0.2) is 17.3 Å². The van der Waals surface area contributed by atoms with Crippen molar-refractivity contribution >= 4 is 21.9 Å². The molecule has 0 spiro atoms. The maximum atomic E-state index is 12.0. The molecule has 0 saturated carbocycles. The highest BCUT2D eigenvalue weighted by molar-refractivity contribution is 9.10. The molecule has 1 N–H and O–H groups in total. The molecule has 1 aromatic carbocycles. The smallest absolute Gasteiger partial charge is 0.393 e. The Balaban J connectivity index is 2.99. The number of alkyl halides is 3. The number of carboxylic acids is 1. The average molecular weight is 283 g/mol. The van der Waals surface area contributed by atoms with Crippen LogP contribution in [0.4, 0.5) is 13.2 Å². The van der Waals surface area contributed by atoms with Crippen LogP contribution in [0.25, 0.3) is 0 Å². The largest absolute Gasteiger partial charge is 0.478 e. The number of rotatable bonds is 2. The summed E-state index contributed by atoms with van der Waals surface area (Å²) in [6, 6.07) is 3.46. The monoisotopic (exact) mass is 282 g/mol. The minimum atomic E-state index is -4.30. The predicted octanol–water partition coefficient (Wildman–Crippen LogP) is 3.25. The zero-order chi connectivity index (χ0) is 11.6. The summed E-state index contributed by atoms with van der Waals surface area (Å²) in [5, 5.41) is 8.59. The van der Waals surface area contributed by atoms with Crippen molar-refractivity contribution in [3.63, 3.8) is 0 Å². The van der Waals surface area contributed by atoms with E-state index in [9.17, 15) is 18.0 Å². The summed E-state index contributed by atoms with van der Waals surface area (Å²) < 4.78 is 36.3. The molecule has 0 aromatic heterocycles. The third-order valence-corrected chi connectivity index (χ3v) is 2.43. The van der Waals surface area contributed by atoms with E-state index in [1.165, 1.54) is 0 Å². The molecule has 0 atom stereocenters. The first kappa shape index (κ1) is 12.0. The molecular formula is C9H6BrF3O2. The van der Waals surface area contributed by atoms with E-state index in [-0.39, 0.29) is 15.6 Å². The van der Waals surface area contributed by atoms with Crippen LogP contribution in [0.2, 0.25) is 0 Å². The van der Waals surface area contributed by atoms with Gasteiger partial charge in [0, 0.05) is 4.47 Å². The number of carboxylic acid groups (broad SMARTS) is 1. The SMILES string of the molecule is O=C(O)c1ccc(CC(F)(F)F)c(Br)c1. The number of carbonyl (C=O) groups is 1. The zero-order valence-electron chi connectivity index (χ0n) is 7.31. The van der Waals surface area contributed by atoms with Crippen molar-refractivity contribution in [2.24, 2.45) is 0 Å². The van der Waals surface area contributed by atoms with Gasteiger partial charge in [0.15, 0.2) is 0 Å². The maximum Gasteiger partial charge on any atom is 0.393 e. The van der Waals surface area contributed by atoms with Crippen LogP contribution < -0.4 is 0 Å². The Kier molecular flexibility index (Phi) is 3.38. The fraction of sp³-hybridized carbons (Fsp3) is 0.222. The van der Waals surface area contributed by atoms with Gasteiger partial charge in [-0.3, -0.25) is 0 Å². The number of aromatic carboxylic acids is 1. The Morgan fingerprint density at radius 3 is 2.40 bits per heavy atom. The van der Waals surface area contributed by atoms with Crippen molar-refractivity contribution in [3.05, 3.63) is 33.8 Å². The Bertz CT molecular complexity index is 387. The van der Waals surface area contributed by atoms with E-state index in [0.717, 1.165) is 18.2 Å². The molecule has 6 heteroatoms. The normalized spacial score (nSPS) is 11.5. The molecule has 0 unspecified atom stereocenters. The third-order valence-electron chi connectivity index (χ3n) is 1.69. The molecule has 0 radical (unpaired) electrons. The Hall–Kier alpha value is -1.04. The molecule has 15 heavy (non-hydrogen) atoms. The molecular weight excluding hydrogens is 277 g/mol. The molecule has 0 heterocycles. The van der Waals surface area contributed by atoms with E-state index < -0.39 is 18.6 Å². The Morgan fingerprint density at radius 1 is 1.40 bits per heavy atom. The Labute approximate surface area is 91.8 Å². The molecule has 0 fully saturated rings. The predicted molar refractivity (Wildman–Crippen MR) is 50.9 cm³/mol. The molecule has 2 nitrogen and oxygen atoms in total. The second-order valence-corrected chi connectivity index (χ2v) is 3.76. The van der Waals surface area contributed by atoms with Crippen LogP contribution in [0, 0.1) is 0 Å². The van der Waals surface area contributed by atoms with Gasteiger partial charge in [-0.05, 0) is 17.7 Å². The van der Waals surface area contributed by atoms with Gasteiger partial charge in [-0.15, -0.1) is 0 Å². The second kappa shape index (κ2) is 4.22. The molecule has 0 amide bonds.